The lowest BCUT2D eigenvalue weighted by Crippen LogP contribution is -2.16. The predicted octanol–water partition coefficient (Wildman–Crippen LogP) is 3.73. The largest absolute Gasteiger partial charge is 0.508 e. The SMILES string of the molecule is O=C(N/N=C/c1ccc(O)cc1O)c1ccc(-c2ccc(F)cc2)s1. The van der Waals surface area contributed by atoms with Gasteiger partial charge in [-0.15, -0.1) is 11.3 Å². The third kappa shape index (κ3) is 4.02. The van der Waals surface area contributed by atoms with Crippen LogP contribution < -0.4 is 5.43 Å². The highest BCUT2D eigenvalue weighted by Crippen LogP contribution is 2.28. The van der Waals surface area contributed by atoms with Gasteiger partial charge < -0.3 is 10.2 Å². The average Bonchev–Trinajstić information content (AvgIpc) is 3.07. The molecular formula is C18H13FN2O3S. The quantitative estimate of drug-likeness (QED) is 0.492. The van der Waals surface area contributed by atoms with E-state index in [-0.39, 0.29) is 17.3 Å². The van der Waals surface area contributed by atoms with Crippen LogP contribution in [0.2, 0.25) is 0 Å². The third-order valence-corrected chi connectivity index (χ3v) is 4.48. The van der Waals surface area contributed by atoms with Crippen LogP contribution in [0.15, 0.2) is 59.7 Å². The number of benzene rings is 2. The van der Waals surface area contributed by atoms with Crippen molar-refractivity contribution in [2.24, 2.45) is 5.10 Å². The molecule has 2 aromatic carbocycles. The maximum absolute atomic E-state index is 13.0. The van der Waals surface area contributed by atoms with E-state index in [2.05, 4.69) is 10.5 Å². The van der Waals surface area contributed by atoms with E-state index in [1.807, 2.05) is 0 Å². The molecule has 126 valence electrons. The molecule has 0 aliphatic carbocycles. The molecule has 0 unspecified atom stereocenters. The molecule has 0 saturated heterocycles. The van der Waals surface area contributed by atoms with Crippen LogP contribution in [0.3, 0.4) is 0 Å². The summed E-state index contributed by atoms with van der Waals surface area (Å²) >= 11 is 1.26. The number of halogens is 1. The summed E-state index contributed by atoms with van der Waals surface area (Å²) in [5.74, 6) is -0.920. The number of carbonyl (C=O) groups is 1. The Morgan fingerprint density at radius 2 is 1.84 bits per heavy atom. The number of aromatic hydroxyl groups is 2. The van der Waals surface area contributed by atoms with Gasteiger partial charge in [-0.2, -0.15) is 5.10 Å². The highest BCUT2D eigenvalue weighted by atomic mass is 32.1. The number of amides is 1. The van der Waals surface area contributed by atoms with Crippen LogP contribution in [-0.4, -0.2) is 22.3 Å². The molecule has 3 rings (SSSR count). The number of rotatable bonds is 4. The van der Waals surface area contributed by atoms with Crippen molar-refractivity contribution < 1.29 is 19.4 Å². The first-order valence-corrected chi connectivity index (χ1v) is 8.06. The van der Waals surface area contributed by atoms with Gasteiger partial charge in [0.05, 0.1) is 11.1 Å². The number of phenols is 2. The zero-order valence-corrected chi connectivity index (χ0v) is 13.6. The normalized spacial score (nSPS) is 10.9. The van der Waals surface area contributed by atoms with Gasteiger partial charge in [-0.3, -0.25) is 4.79 Å². The minimum absolute atomic E-state index is 0.0643. The van der Waals surface area contributed by atoms with Crippen molar-refractivity contribution in [2.45, 2.75) is 0 Å². The number of nitrogens with one attached hydrogen (secondary N) is 1. The third-order valence-electron chi connectivity index (χ3n) is 3.34. The van der Waals surface area contributed by atoms with Crippen LogP contribution in [0.1, 0.15) is 15.2 Å². The molecule has 0 saturated carbocycles. The summed E-state index contributed by atoms with van der Waals surface area (Å²) < 4.78 is 13.0. The molecule has 0 radical (unpaired) electrons. The lowest BCUT2D eigenvalue weighted by molar-refractivity contribution is 0.0959. The fraction of sp³-hybridized carbons (Fsp3) is 0. The summed E-state index contributed by atoms with van der Waals surface area (Å²) in [6.07, 6.45) is 1.28. The Labute approximate surface area is 146 Å². The number of hydrogen-bond donors (Lipinski definition) is 3. The fourth-order valence-electron chi connectivity index (χ4n) is 2.09. The first-order chi connectivity index (χ1) is 12.0. The lowest BCUT2D eigenvalue weighted by atomic mass is 10.2. The van der Waals surface area contributed by atoms with Crippen LogP contribution in [0, 0.1) is 5.82 Å². The minimum atomic E-state index is -0.395. The number of carbonyl (C=O) groups excluding carboxylic acids is 1. The van der Waals surface area contributed by atoms with Gasteiger partial charge in [0, 0.05) is 16.5 Å². The molecule has 0 aliphatic heterocycles. The molecule has 0 atom stereocenters. The Hall–Kier alpha value is -3.19. The molecule has 3 N–H and O–H groups in total. The van der Waals surface area contributed by atoms with Gasteiger partial charge in [0.25, 0.3) is 5.91 Å². The second-order valence-corrected chi connectivity index (χ2v) is 6.20. The van der Waals surface area contributed by atoms with Gasteiger partial charge in [-0.25, -0.2) is 9.82 Å². The lowest BCUT2D eigenvalue weighted by Gasteiger charge is -2.00. The van der Waals surface area contributed by atoms with E-state index in [1.165, 1.54) is 47.9 Å². The van der Waals surface area contributed by atoms with E-state index in [4.69, 9.17) is 0 Å². The number of thiophene rings is 1. The Kier molecular flexibility index (Phi) is 4.76. The highest BCUT2D eigenvalue weighted by Gasteiger charge is 2.10. The van der Waals surface area contributed by atoms with Crippen molar-refractivity contribution in [2.75, 3.05) is 0 Å². The summed E-state index contributed by atoms with van der Waals surface area (Å²) in [7, 11) is 0. The smallest absolute Gasteiger partial charge is 0.281 e. The van der Waals surface area contributed by atoms with Crippen molar-refractivity contribution in [1.82, 2.24) is 5.43 Å². The maximum Gasteiger partial charge on any atom is 0.281 e. The average molecular weight is 356 g/mol. The predicted molar refractivity (Wildman–Crippen MR) is 94.5 cm³/mol. The minimum Gasteiger partial charge on any atom is -0.508 e. The summed E-state index contributed by atoms with van der Waals surface area (Å²) in [6.45, 7) is 0. The zero-order valence-electron chi connectivity index (χ0n) is 12.8. The molecule has 0 bridgehead atoms. The topological polar surface area (TPSA) is 81.9 Å². The van der Waals surface area contributed by atoms with Gasteiger partial charge in [-0.05, 0) is 42.0 Å². The Balaban J connectivity index is 1.67. The second-order valence-electron chi connectivity index (χ2n) is 5.11. The van der Waals surface area contributed by atoms with Crippen molar-refractivity contribution >= 4 is 23.5 Å². The van der Waals surface area contributed by atoms with E-state index in [0.29, 0.717) is 10.4 Å². The first kappa shape index (κ1) is 16.7. The first-order valence-electron chi connectivity index (χ1n) is 7.24. The maximum atomic E-state index is 13.0. The summed E-state index contributed by atoms with van der Waals surface area (Å²) in [5.41, 5.74) is 3.55. The van der Waals surface area contributed by atoms with E-state index >= 15 is 0 Å². The van der Waals surface area contributed by atoms with Crippen molar-refractivity contribution in [3.8, 4) is 21.9 Å². The number of nitrogens with zero attached hydrogens (tertiary/aromatic N) is 1. The van der Waals surface area contributed by atoms with Crippen LogP contribution in [0.25, 0.3) is 10.4 Å². The van der Waals surface area contributed by atoms with Gasteiger partial charge in [0.15, 0.2) is 0 Å². The van der Waals surface area contributed by atoms with Crippen molar-refractivity contribution in [3.63, 3.8) is 0 Å². The molecule has 0 aliphatic rings. The molecular weight excluding hydrogens is 343 g/mol. The molecule has 1 heterocycles. The number of hydrogen-bond acceptors (Lipinski definition) is 5. The van der Waals surface area contributed by atoms with Gasteiger partial charge >= 0.3 is 0 Å². The standard InChI is InChI=1S/C18H13FN2O3S/c19-13-4-1-11(2-5-13)16-7-8-17(25-16)18(24)21-20-10-12-3-6-14(22)9-15(12)23/h1-10,22-23H,(H,21,24)/b20-10+. The van der Waals surface area contributed by atoms with Crippen LogP contribution in [-0.2, 0) is 0 Å². The monoisotopic (exact) mass is 356 g/mol. The molecule has 25 heavy (non-hydrogen) atoms. The van der Waals surface area contributed by atoms with Crippen LogP contribution >= 0.6 is 11.3 Å². The van der Waals surface area contributed by atoms with Gasteiger partial charge in [-0.1, -0.05) is 12.1 Å². The van der Waals surface area contributed by atoms with E-state index in [9.17, 15) is 19.4 Å². The molecule has 3 aromatic rings. The molecule has 1 aromatic heterocycles. The molecule has 7 heteroatoms. The zero-order chi connectivity index (χ0) is 17.8. The Morgan fingerprint density at radius 3 is 2.56 bits per heavy atom. The Bertz CT molecular complexity index is 936. The van der Waals surface area contributed by atoms with E-state index in [1.54, 1.807) is 24.3 Å². The molecule has 0 spiro atoms. The number of phenolic OH excluding ortho intramolecular Hbond substituents is 2. The van der Waals surface area contributed by atoms with E-state index < -0.39 is 5.91 Å². The summed E-state index contributed by atoms with van der Waals surface area (Å²) in [4.78, 5) is 13.4. The highest BCUT2D eigenvalue weighted by molar-refractivity contribution is 7.17. The Morgan fingerprint density at radius 1 is 1.08 bits per heavy atom. The van der Waals surface area contributed by atoms with Crippen LogP contribution in [0.4, 0.5) is 4.39 Å². The number of hydrazone groups is 1. The van der Waals surface area contributed by atoms with Gasteiger partial charge in [0.2, 0.25) is 0 Å². The van der Waals surface area contributed by atoms with Crippen molar-refractivity contribution in [1.29, 1.82) is 0 Å². The van der Waals surface area contributed by atoms with Crippen molar-refractivity contribution in [3.05, 3.63) is 70.9 Å². The fourth-order valence-corrected chi connectivity index (χ4v) is 2.99. The molecule has 5 nitrogen and oxygen atoms in total. The molecule has 1 amide bonds. The van der Waals surface area contributed by atoms with Crippen LogP contribution in [0.5, 0.6) is 11.5 Å². The second kappa shape index (κ2) is 7.14. The van der Waals surface area contributed by atoms with Gasteiger partial charge in [0.1, 0.15) is 17.3 Å². The summed E-state index contributed by atoms with van der Waals surface area (Å²) in [6, 6.07) is 13.5. The molecule has 0 fully saturated rings. The van der Waals surface area contributed by atoms with E-state index in [0.717, 1.165) is 10.4 Å². The summed E-state index contributed by atoms with van der Waals surface area (Å²) in [5, 5.41) is 22.6.